The third-order valence-electron chi connectivity index (χ3n) is 6.04. The Labute approximate surface area is 176 Å². The maximum absolute atomic E-state index is 14.3. The molecular formula is C24H28F2N2O2. The zero-order valence-electron chi connectivity index (χ0n) is 17.9. The van der Waals surface area contributed by atoms with Gasteiger partial charge in [-0.05, 0) is 48.2 Å². The van der Waals surface area contributed by atoms with Gasteiger partial charge in [0.15, 0.2) is 0 Å². The third kappa shape index (κ3) is 4.06. The number of hydrogen-bond donors (Lipinski definition) is 0. The van der Waals surface area contributed by atoms with Crippen molar-refractivity contribution in [3.63, 3.8) is 0 Å². The highest BCUT2D eigenvalue weighted by atomic mass is 19.1. The number of likely N-dealkylation sites (N-methyl/N-ethyl adjacent to an activating group) is 1. The number of hydrogen-bond acceptors (Lipinski definition) is 3. The van der Waals surface area contributed by atoms with E-state index in [2.05, 4.69) is 25.7 Å². The summed E-state index contributed by atoms with van der Waals surface area (Å²) in [7, 11) is 1.82. The van der Waals surface area contributed by atoms with E-state index in [4.69, 9.17) is 4.74 Å². The second-order valence-corrected chi connectivity index (χ2v) is 9.55. The van der Waals surface area contributed by atoms with Gasteiger partial charge in [-0.15, -0.1) is 0 Å². The van der Waals surface area contributed by atoms with E-state index in [1.54, 1.807) is 23.1 Å². The Morgan fingerprint density at radius 3 is 2.50 bits per heavy atom. The molecule has 0 spiro atoms. The minimum Gasteiger partial charge on any atom is -0.486 e. The van der Waals surface area contributed by atoms with Gasteiger partial charge in [0.05, 0.1) is 11.6 Å². The molecule has 0 aliphatic carbocycles. The molecule has 2 aliphatic heterocycles. The molecule has 30 heavy (non-hydrogen) atoms. The number of amides is 1. The Morgan fingerprint density at radius 1 is 1.07 bits per heavy atom. The highest BCUT2D eigenvalue weighted by Gasteiger charge is 2.42. The van der Waals surface area contributed by atoms with Gasteiger partial charge in [-0.2, -0.15) is 0 Å². The molecule has 4 nitrogen and oxygen atoms in total. The minimum atomic E-state index is -0.640. The second-order valence-electron chi connectivity index (χ2n) is 9.55. The third-order valence-corrected chi connectivity index (χ3v) is 6.04. The van der Waals surface area contributed by atoms with E-state index in [-0.39, 0.29) is 29.0 Å². The lowest BCUT2D eigenvalue weighted by atomic mass is 9.92. The normalized spacial score (nSPS) is 21.8. The molecule has 0 N–H and O–H groups in total. The number of ether oxygens (including phenoxy) is 1. The number of likely N-dealkylation sites (tertiary alicyclic amines) is 1. The number of nitrogens with zero attached hydrogens (tertiary/aromatic N) is 2. The van der Waals surface area contributed by atoms with E-state index in [0.717, 1.165) is 32.1 Å². The summed E-state index contributed by atoms with van der Waals surface area (Å²) in [5.41, 5.74) is 1.55. The van der Waals surface area contributed by atoms with Crippen LogP contribution in [0.2, 0.25) is 0 Å². The summed E-state index contributed by atoms with van der Waals surface area (Å²) in [5.74, 6) is -0.901. The molecule has 6 heteroatoms. The summed E-state index contributed by atoms with van der Waals surface area (Å²) < 4.78 is 33.9. The molecule has 4 rings (SSSR count). The molecule has 2 aromatic carbocycles. The summed E-state index contributed by atoms with van der Waals surface area (Å²) >= 11 is 0. The molecule has 2 heterocycles. The van der Waals surface area contributed by atoms with Crippen molar-refractivity contribution < 1.29 is 18.3 Å². The monoisotopic (exact) mass is 414 g/mol. The molecule has 1 saturated heterocycles. The Kier molecular flexibility index (Phi) is 5.30. The number of halogens is 2. The molecule has 0 radical (unpaired) electrons. The van der Waals surface area contributed by atoms with Crippen molar-refractivity contribution in [2.75, 3.05) is 26.7 Å². The second kappa shape index (κ2) is 7.65. The van der Waals surface area contributed by atoms with Crippen LogP contribution in [0.15, 0.2) is 36.4 Å². The molecule has 160 valence electrons. The molecule has 2 aliphatic rings. The SMILES string of the molecule is CN1C(=O)c2ccc(-c3ccc(F)cc3F)cc2OC2CN(CCC(C)(C)C)CC21. The van der Waals surface area contributed by atoms with E-state index in [1.165, 1.54) is 12.1 Å². The topological polar surface area (TPSA) is 32.8 Å². The van der Waals surface area contributed by atoms with Crippen molar-refractivity contribution in [2.24, 2.45) is 5.41 Å². The Balaban J connectivity index is 1.62. The Morgan fingerprint density at radius 2 is 1.80 bits per heavy atom. The first-order chi connectivity index (χ1) is 14.1. The molecule has 1 fully saturated rings. The summed E-state index contributed by atoms with van der Waals surface area (Å²) in [4.78, 5) is 17.2. The Hall–Kier alpha value is -2.47. The van der Waals surface area contributed by atoms with Crippen LogP contribution in [0.1, 0.15) is 37.6 Å². The van der Waals surface area contributed by atoms with Gasteiger partial charge in [0.2, 0.25) is 0 Å². The van der Waals surface area contributed by atoms with E-state index >= 15 is 0 Å². The van der Waals surface area contributed by atoms with Crippen LogP contribution in [0, 0.1) is 17.0 Å². The fourth-order valence-corrected chi connectivity index (χ4v) is 4.19. The minimum absolute atomic E-state index is 0.0316. The van der Waals surface area contributed by atoms with Gasteiger partial charge in [-0.3, -0.25) is 9.69 Å². The number of carbonyl (C=O) groups is 1. The smallest absolute Gasteiger partial charge is 0.257 e. The maximum Gasteiger partial charge on any atom is 0.257 e. The van der Waals surface area contributed by atoms with Crippen molar-refractivity contribution in [2.45, 2.75) is 39.3 Å². The van der Waals surface area contributed by atoms with Crippen molar-refractivity contribution in [3.8, 4) is 16.9 Å². The van der Waals surface area contributed by atoms with E-state index < -0.39 is 11.6 Å². The van der Waals surface area contributed by atoms with Crippen LogP contribution in [0.25, 0.3) is 11.1 Å². The van der Waals surface area contributed by atoms with Crippen molar-refractivity contribution >= 4 is 5.91 Å². The number of fused-ring (bicyclic) bond motifs is 2. The van der Waals surface area contributed by atoms with Crippen LogP contribution in [-0.2, 0) is 0 Å². The van der Waals surface area contributed by atoms with E-state index in [1.807, 2.05) is 7.05 Å². The zero-order valence-corrected chi connectivity index (χ0v) is 17.9. The van der Waals surface area contributed by atoms with Crippen LogP contribution in [0.3, 0.4) is 0 Å². The van der Waals surface area contributed by atoms with Crippen LogP contribution < -0.4 is 4.74 Å². The highest BCUT2D eigenvalue weighted by molar-refractivity contribution is 5.98. The highest BCUT2D eigenvalue weighted by Crippen LogP contribution is 2.35. The first kappa shape index (κ1) is 20.8. The first-order valence-electron chi connectivity index (χ1n) is 10.4. The first-order valence-corrected chi connectivity index (χ1v) is 10.4. The largest absolute Gasteiger partial charge is 0.486 e. The maximum atomic E-state index is 14.3. The molecule has 2 unspecified atom stereocenters. The van der Waals surface area contributed by atoms with Crippen molar-refractivity contribution in [3.05, 3.63) is 53.6 Å². The predicted octanol–water partition coefficient (Wildman–Crippen LogP) is 4.59. The fraction of sp³-hybridized carbons (Fsp3) is 0.458. The lowest BCUT2D eigenvalue weighted by molar-refractivity contribution is 0.0682. The van der Waals surface area contributed by atoms with Crippen molar-refractivity contribution in [1.29, 1.82) is 0 Å². The fourth-order valence-electron chi connectivity index (χ4n) is 4.19. The molecular weight excluding hydrogens is 386 g/mol. The van der Waals surface area contributed by atoms with Crippen LogP contribution in [0.5, 0.6) is 5.75 Å². The predicted molar refractivity (Wildman–Crippen MR) is 113 cm³/mol. The van der Waals surface area contributed by atoms with Gasteiger partial charge in [-0.1, -0.05) is 26.8 Å². The lowest BCUT2D eigenvalue weighted by Crippen LogP contribution is -2.44. The van der Waals surface area contributed by atoms with Gasteiger partial charge < -0.3 is 9.64 Å². The number of rotatable bonds is 3. The van der Waals surface area contributed by atoms with Gasteiger partial charge in [-0.25, -0.2) is 8.78 Å². The summed E-state index contributed by atoms with van der Waals surface area (Å²) in [6, 6.07) is 8.51. The molecule has 2 atom stereocenters. The summed E-state index contributed by atoms with van der Waals surface area (Å²) in [6.45, 7) is 9.14. The van der Waals surface area contributed by atoms with Crippen LogP contribution in [0.4, 0.5) is 8.78 Å². The van der Waals surface area contributed by atoms with Crippen LogP contribution in [-0.4, -0.2) is 54.5 Å². The Bertz CT molecular complexity index is 970. The summed E-state index contributed by atoms with van der Waals surface area (Å²) in [5, 5.41) is 0. The van der Waals surface area contributed by atoms with Gasteiger partial charge in [0, 0.05) is 31.8 Å². The molecule has 0 saturated carbocycles. The molecule has 0 bridgehead atoms. The standard InChI is InChI=1S/C24H28F2N2O2/c1-24(2,3)9-10-28-13-20-22(14-28)30-21-11-15(5-7-18(21)23(29)27(20)4)17-8-6-16(25)12-19(17)26/h5-8,11-12,20,22H,9-10,13-14H2,1-4H3. The van der Waals surface area contributed by atoms with Crippen LogP contribution >= 0.6 is 0 Å². The zero-order chi connectivity index (χ0) is 21.6. The van der Waals surface area contributed by atoms with E-state index in [0.29, 0.717) is 16.9 Å². The summed E-state index contributed by atoms with van der Waals surface area (Å²) in [6.07, 6.45) is 0.919. The van der Waals surface area contributed by atoms with E-state index in [9.17, 15) is 13.6 Å². The number of carbonyl (C=O) groups excluding carboxylic acids is 1. The average molecular weight is 414 g/mol. The molecule has 0 aromatic heterocycles. The van der Waals surface area contributed by atoms with Crippen molar-refractivity contribution in [1.82, 2.24) is 9.80 Å². The average Bonchev–Trinajstić information content (AvgIpc) is 3.04. The number of benzene rings is 2. The lowest BCUT2D eigenvalue weighted by Gasteiger charge is -2.26. The molecule has 2 aromatic rings. The van der Waals surface area contributed by atoms with Gasteiger partial charge >= 0.3 is 0 Å². The molecule has 1 amide bonds. The quantitative estimate of drug-likeness (QED) is 0.737. The van der Waals surface area contributed by atoms with Gasteiger partial charge in [0.25, 0.3) is 5.91 Å². The van der Waals surface area contributed by atoms with Gasteiger partial charge in [0.1, 0.15) is 23.5 Å².